The number of nitrogens with zero attached hydrogens (tertiary/aromatic N) is 18. The van der Waals surface area contributed by atoms with E-state index in [-0.39, 0.29) is 11.9 Å². The van der Waals surface area contributed by atoms with Crippen LogP contribution in [0.2, 0.25) is 0 Å². The second kappa shape index (κ2) is 32.3. The average molecular weight is 1450 g/mol. The molecule has 0 amide bonds. The fraction of sp³-hybridized carbons (Fsp3) is 0.325. The van der Waals surface area contributed by atoms with Crippen molar-refractivity contribution in [3.63, 3.8) is 0 Å². The highest BCUT2D eigenvalue weighted by atomic mass is 16.7. The number of ether oxygens (including phenoxy) is 9. The molecule has 3 saturated heterocycles. The van der Waals surface area contributed by atoms with Crippen molar-refractivity contribution in [2.24, 2.45) is 14.1 Å². The molecule has 1 spiro atoms. The van der Waals surface area contributed by atoms with Gasteiger partial charge in [0.1, 0.15) is 40.3 Å². The molecule has 107 heavy (non-hydrogen) atoms. The van der Waals surface area contributed by atoms with Gasteiger partial charge in [0.15, 0.2) is 5.79 Å². The van der Waals surface area contributed by atoms with Gasteiger partial charge in [-0.3, -0.25) is 29.0 Å². The minimum atomic E-state index is -0.376. The Balaban J connectivity index is 0.000000135. The Hall–Kier alpha value is -11.8. The largest absolute Gasteiger partial charge is 0.497 e. The van der Waals surface area contributed by atoms with Crippen LogP contribution >= 0.6 is 0 Å². The third kappa shape index (κ3) is 17.0. The zero-order valence-electron chi connectivity index (χ0n) is 62.2. The van der Waals surface area contributed by atoms with Crippen LogP contribution in [0.4, 0.5) is 34.1 Å². The first kappa shape index (κ1) is 72.2. The summed E-state index contributed by atoms with van der Waals surface area (Å²) in [5, 5.41) is 12.9. The molecule has 13 aromatic rings. The van der Waals surface area contributed by atoms with E-state index >= 15 is 0 Å². The van der Waals surface area contributed by atoms with Crippen molar-refractivity contribution in [3.05, 3.63) is 183 Å². The summed E-state index contributed by atoms with van der Waals surface area (Å²) in [5.41, 5.74) is 17.1. The summed E-state index contributed by atoms with van der Waals surface area (Å²) in [6.45, 7) is 14.8. The maximum absolute atomic E-state index is 5.92. The van der Waals surface area contributed by atoms with Gasteiger partial charge in [0.05, 0.1) is 168 Å². The summed E-state index contributed by atoms with van der Waals surface area (Å²) >= 11 is 0. The summed E-state index contributed by atoms with van der Waals surface area (Å²) in [6, 6.07) is 36.2. The van der Waals surface area contributed by atoms with Crippen LogP contribution in [-0.2, 0) is 41.4 Å². The monoisotopic (exact) mass is 1440 g/mol. The first-order valence-electron chi connectivity index (χ1n) is 35.6. The number of piperidine rings is 1. The summed E-state index contributed by atoms with van der Waals surface area (Å²) in [6.07, 6.45) is 20.7. The summed E-state index contributed by atoms with van der Waals surface area (Å²) in [7, 11) is 13.8. The smallest absolute Gasteiger partial charge is 0.170 e. The van der Waals surface area contributed by atoms with Crippen molar-refractivity contribution >= 4 is 67.2 Å². The van der Waals surface area contributed by atoms with E-state index in [1.165, 1.54) is 0 Å². The lowest BCUT2D eigenvalue weighted by atomic mass is 10.0. The molecule has 0 aliphatic carbocycles. The number of hydrogen-bond acceptors (Lipinski definition) is 23. The lowest BCUT2D eigenvalue weighted by Crippen LogP contribution is -2.46. The SMILES string of the molecule is CCn1cc(-c2cnc3ccc(N(CC4CO4)c4cc(OC)cc(OC)c4)cc3n2)cn1.COc1cc(OC)cc(N(CCN2CCC3(CC2)OCCO3)c2ccc3ncc(-c4cnn(C)c4)nc3c2)c1.COc1cc(OC)cc(N(CCn2cc(C)nc2C)c2ccc3ncc(-c4cnn(C)c4)nc3c2)c1. The number of aromatic nitrogens is 14. The average Bonchev–Trinajstić information content (AvgIpc) is 1.40. The second-order valence-corrected chi connectivity index (χ2v) is 26.3. The molecule has 0 radical (unpaired) electrons. The van der Waals surface area contributed by atoms with Gasteiger partial charge >= 0.3 is 0 Å². The molecule has 16 rings (SSSR count). The van der Waals surface area contributed by atoms with Crippen LogP contribution in [0, 0.1) is 13.8 Å². The van der Waals surface area contributed by atoms with Gasteiger partial charge in [-0.1, -0.05) is 0 Å². The second-order valence-electron chi connectivity index (χ2n) is 26.3. The van der Waals surface area contributed by atoms with Crippen LogP contribution in [0.5, 0.6) is 34.5 Å². The topological polar surface area (TPSA) is 248 Å². The van der Waals surface area contributed by atoms with Crippen molar-refractivity contribution in [1.82, 2.24) is 73.7 Å². The van der Waals surface area contributed by atoms with Crippen LogP contribution in [0.25, 0.3) is 66.9 Å². The van der Waals surface area contributed by atoms with E-state index in [4.69, 9.17) is 57.6 Å². The number of methoxy groups -OCH3 is 6. The molecule has 6 aromatic carbocycles. The van der Waals surface area contributed by atoms with Gasteiger partial charge in [0, 0.05) is 203 Å². The maximum Gasteiger partial charge on any atom is 0.170 e. The van der Waals surface area contributed by atoms with E-state index in [9.17, 15) is 0 Å². The molecule has 3 aliphatic rings. The van der Waals surface area contributed by atoms with E-state index in [0.29, 0.717) is 19.8 Å². The molecule has 0 saturated carbocycles. The van der Waals surface area contributed by atoms with Crippen molar-refractivity contribution in [2.75, 3.05) is 116 Å². The third-order valence-electron chi connectivity index (χ3n) is 19.2. The quantitative estimate of drug-likeness (QED) is 0.0510. The molecule has 27 heteroatoms. The lowest BCUT2D eigenvalue weighted by molar-refractivity contribution is -0.184. The number of epoxide rings is 1. The molecule has 1 unspecified atom stereocenters. The number of aryl methyl sites for hydroxylation is 5. The molecule has 27 nitrogen and oxygen atoms in total. The van der Waals surface area contributed by atoms with E-state index in [1.807, 2.05) is 130 Å². The highest BCUT2D eigenvalue weighted by Gasteiger charge is 2.40. The van der Waals surface area contributed by atoms with Gasteiger partial charge in [-0.05, 0) is 75.4 Å². The Kier molecular flexibility index (Phi) is 21.8. The van der Waals surface area contributed by atoms with Gasteiger partial charge < -0.3 is 66.8 Å². The highest BCUT2D eigenvalue weighted by molar-refractivity contribution is 5.86. The minimum absolute atomic E-state index is 0.195. The zero-order valence-corrected chi connectivity index (χ0v) is 62.2. The number of anilines is 6. The first-order chi connectivity index (χ1) is 52.1. The van der Waals surface area contributed by atoms with Gasteiger partial charge in [-0.15, -0.1) is 0 Å². The van der Waals surface area contributed by atoms with Crippen LogP contribution in [-0.4, -0.2) is 187 Å². The van der Waals surface area contributed by atoms with E-state index in [0.717, 1.165) is 212 Å². The van der Waals surface area contributed by atoms with Crippen LogP contribution in [0.1, 0.15) is 31.3 Å². The van der Waals surface area contributed by atoms with Crippen molar-refractivity contribution in [3.8, 4) is 68.3 Å². The standard InChI is InChI=1S/C29H34N6O4.C27H29N7O2.C24H25N5O3/c1-33-20-21(18-31-33)28-19-30-26-5-4-22(16-27(26)32-28)35(23-14-24(36-2)17-25(15-23)37-3)11-10-34-8-6-29(7-9-34)38-12-13-39-29;1-18-16-33(19(2)30-18)8-9-34(22-10-23(35-4)13-24(11-22)36-5)21-6-7-25-26(12-21)31-27(15-28-25)20-14-29-32(3)17-20;1-4-28-13-16(11-26-28)24-12-25-22-6-5-17(9-23(22)27-24)29(14-21-15-32-21)18-7-19(30-2)10-20(8-18)31-3/h4-5,14-20H,6-13H2,1-3H3;6-7,10-17H,8-9H2,1-5H3;5-13,21H,4,14-15H2,1-3H3. The number of rotatable bonds is 24. The Morgan fingerprint density at radius 1 is 0.449 bits per heavy atom. The number of hydrogen-bond donors (Lipinski definition) is 0. The normalized spacial score (nSPS) is 14.5. The highest BCUT2D eigenvalue weighted by Crippen LogP contribution is 2.40. The number of benzene rings is 6. The van der Waals surface area contributed by atoms with E-state index < -0.39 is 0 Å². The van der Waals surface area contributed by atoms with Crippen LogP contribution < -0.4 is 43.1 Å². The molecule has 3 aliphatic heterocycles. The number of fused-ring (bicyclic) bond motifs is 3. The molecular weight excluding hydrogens is 1360 g/mol. The number of imidazole rings is 1. The Labute approximate surface area is 620 Å². The molecule has 1 atom stereocenters. The summed E-state index contributed by atoms with van der Waals surface area (Å²) < 4.78 is 58.2. The molecular formula is C80H88N18O9. The fourth-order valence-electron chi connectivity index (χ4n) is 13.3. The van der Waals surface area contributed by atoms with E-state index in [2.05, 4.69) is 109 Å². The Bertz CT molecular complexity index is 5170. The lowest BCUT2D eigenvalue weighted by Gasteiger charge is -2.38. The molecule has 10 heterocycles. The molecule has 552 valence electrons. The third-order valence-corrected chi connectivity index (χ3v) is 19.2. The number of likely N-dealkylation sites (tertiary alicyclic amines) is 1. The molecule has 0 bridgehead atoms. The predicted molar refractivity (Wildman–Crippen MR) is 411 cm³/mol. The first-order valence-corrected chi connectivity index (χ1v) is 35.6. The van der Waals surface area contributed by atoms with Gasteiger partial charge in [0.25, 0.3) is 0 Å². The van der Waals surface area contributed by atoms with Crippen molar-refractivity contribution in [2.45, 2.75) is 58.6 Å². The van der Waals surface area contributed by atoms with Crippen LogP contribution in [0.3, 0.4) is 0 Å². The van der Waals surface area contributed by atoms with Gasteiger partial charge in [-0.2, -0.15) is 15.3 Å². The van der Waals surface area contributed by atoms with Crippen LogP contribution in [0.15, 0.2) is 171 Å². The molecule has 0 N–H and O–H groups in total. The molecule has 3 fully saturated rings. The maximum atomic E-state index is 5.92. The fourth-order valence-corrected chi connectivity index (χ4v) is 13.3. The summed E-state index contributed by atoms with van der Waals surface area (Å²) in [5.74, 6) is 5.01. The summed E-state index contributed by atoms with van der Waals surface area (Å²) in [4.78, 5) is 42.3. The predicted octanol–water partition coefficient (Wildman–Crippen LogP) is 12.8. The van der Waals surface area contributed by atoms with Crippen molar-refractivity contribution in [1.29, 1.82) is 0 Å². The Morgan fingerprint density at radius 2 is 0.850 bits per heavy atom. The van der Waals surface area contributed by atoms with Gasteiger partial charge in [-0.25, -0.2) is 19.9 Å². The zero-order chi connectivity index (χ0) is 74.1. The Morgan fingerprint density at radius 3 is 1.22 bits per heavy atom. The van der Waals surface area contributed by atoms with Crippen molar-refractivity contribution < 1.29 is 42.6 Å². The minimum Gasteiger partial charge on any atom is -0.497 e. The van der Waals surface area contributed by atoms with Gasteiger partial charge in [0.2, 0.25) is 0 Å². The van der Waals surface area contributed by atoms with E-state index in [1.54, 1.807) is 83.0 Å². The molecule has 7 aromatic heterocycles.